The summed E-state index contributed by atoms with van der Waals surface area (Å²) in [4.78, 5) is 12.1. The van der Waals surface area contributed by atoms with E-state index in [0.717, 1.165) is 12.6 Å². The molecule has 0 radical (unpaired) electrons. The zero-order valence-corrected chi connectivity index (χ0v) is 11.5. The molecule has 2 aliphatic rings. The van der Waals surface area contributed by atoms with Gasteiger partial charge in [-0.15, -0.1) is 0 Å². The third kappa shape index (κ3) is 2.53. The maximum absolute atomic E-state index is 12.5. The van der Waals surface area contributed by atoms with Crippen molar-refractivity contribution in [2.75, 3.05) is 20.3 Å². The summed E-state index contributed by atoms with van der Waals surface area (Å²) in [5, 5.41) is 6.44. The lowest BCUT2D eigenvalue weighted by atomic mass is 9.67. The summed E-state index contributed by atoms with van der Waals surface area (Å²) in [5.74, 6) is -0.0687. The van der Waals surface area contributed by atoms with Crippen LogP contribution in [-0.2, 0) is 9.47 Å². The molecule has 1 saturated heterocycles. The van der Waals surface area contributed by atoms with Gasteiger partial charge < -0.3 is 14.8 Å². The molecule has 0 aromatic carbocycles. The Morgan fingerprint density at radius 2 is 2.48 bits per heavy atom. The number of nitrogens with zero attached hydrogens (tertiary/aromatic N) is 2. The third-order valence-electron chi connectivity index (χ3n) is 4.23. The highest BCUT2D eigenvalue weighted by Gasteiger charge is 2.54. The molecule has 1 saturated carbocycles. The minimum Gasteiger partial charge on any atom is -0.384 e. The minimum atomic E-state index is -2.75. The van der Waals surface area contributed by atoms with Gasteiger partial charge in [0.15, 0.2) is 0 Å². The van der Waals surface area contributed by atoms with Gasteiger partial charge in [-0.3, -0.25) is 4.79 Å². The summed E-state index contributed by atoms with van der Waals surface area (Å²) in [6, 6.07) is 1.23. The van der Waals surface area contributed by atoms with E-state index in [4.69, 9.17) is 9.47 Å². The van der Waals surface area contributed by atoms with Crippen LogP contribution in [-0.4, -0.2) is 48.2 Å². The average molecular weight is 301 g/mol. The topological polar surface area (TPSA) is 65.4 Å². The number of nitrogens with one attached hydrogen (secondary N) is 1. The number of fused-ring (bicyclic) bond motifs is 1. The van der Waals surface area contributed by atoms with Gasteiger partial charge in [-0.2, -0.15) is 13.9 Å². The Kier molecular flexibility index (Phi) is 3.90. The molecule has 2 heterocycles. The second-order valence-corrected chi connectivity index (χ2v) is 5.37. The minimum absolute atomic E-state index is 0.00571. The molecule has 0 spiro atoms. The molecular formula is C13H17F2N3O3. The third-order valence-corrected chi connectivity index (χ3v) is 4.23. The van der Waals surface area contributed by atoms with Gasteiger partial charge in [0.25, 0.3) is 5.91 Å². The van der Waals surface area contributed by atoms with Crippen LogP contribution < -0.4 is 5.32 Å². The Bertz CT molecular complexity index is 523. The fraction of sp³-hybridized carbons (Fsp3) is 0.692. The summed E-state index contributed by atoms with van der Waals surface area (Å²) < 4.78 is 36.2. The van der Waals surface area contributed by atoms with Crippen molar-refractivity contribution < 1.29 is 23.0 Å². The molecule has 21 heavy (non-hydrogen) atoms. The van der Waals surface area contributed by atoms with Crippen LogP contribution in [0.25, 0.3) is 0 Å². The van der Waals surface area contributed by atoms with Gasteiger partial charge in [0, 0.05) is 37.8 Å². The van der Waals surface area contributed by atoms with Crippen LogP contribution in [0.2, 0.25) is 0 Å². The Hall–Kier alpha value is -1.54. The Labute approximate surface area is 120 Å². The van der Waals surface area contributed by atoms with E-state index < -0.39 is 12.5 Å². The van der Waals surface area contributed by atoms with E-state index in [9.17, 15) is 13.6 Å². The van der Waals surface area contributed by atoms with Gasteiger partial charge in [-0.1, -0.05) is 0 Å². The molecule has 116 valence electrons. The van der Waals surface area contributed by atoms with Crippen LogP contribution in [0.4, 0.5) is 8.78 Å². The van der Waals surface area contributed by atoms with Gasteiger partial charge in [0.05, 0.1) is 12.7 Å². The molecule has 1 N–H and O–H groups in total. The van der Waals surface area contributed by atoms with Crippen LogP contribution in [0, 0.1) is 11.8 Å². The number of hydrogen-bond acceptors (Lipinski definition) is 4. The summed E-state index contributed by atoms with van der Waals surface area (Å²) >= 11 is 0. The molecular weight excluding hydrogens is 284 g/mol. The van der Waals surface area contributed by atoms with Crippen LogP contribution in [0.1, 0.15) is 23.5 Å². The van der Waals surface area contributed by atoms with E-state index >= 15 is 0 Å². The monoisotopic (exact) mass is 301 g/mol. The number of aromatic nitrogens is 2. The van der Waals surface area contributed by atoms with E-state index in [1.807, 2.05) is 0 Å². The molecule has 8 heteroatoms. The molecule has 1 aromatic heterocycles. The highest BCUT2D eigenvalue weighted by atomic mass is 19.3. The first kappa shape index (κ1) is 14.4. The number of carbonyl (C=O) groups excluding carboxylic acids is 1. The molecule has 0 unspecified atom stereocenters. The van der Waals surface area contributed by atoms with Gasteiger partial charge in [0.2, 0.25) is 0 Å². The fourth-order valence-corrected chi connectivity index (χ4v) is 3.23. The molecule has 6 nitrogen and oxygen atoms in total. The molecule has 4 atom stereocenters. The van der Waals surface area contributed by atoms with E-state index in [0.29, 0.717) is 17.9 Å². The van der Waals surface area contributed by atoms with E-state index in [-0.39, 0.29) is 29.7 Å². The quantitative estimate of drug-likeness (QED) is 0.883. The fourth-order valence-electron chi connectivity index (χ4n) is 3.23. The van der Waals surface area contributed by atoms with Gasteiger partial charge >= 0.3 is 6.55 Å². The first-order chi connectivity index (χ1) is 10.1. The van der Waals surface area contributed by atoms with Crippen LogP contribution in [0.3, 0.4) is 0 Å². The molecule has 3 rings (SSSR count). The number of carbonyl (C=O) groups is 1. The van der Waals surface area contributed by atoms with Crippen molar-refractivity contribution in [3.8, 4) is 0 Å². The highest BCUT2D eigenvalue weighted by molar-refractivity contribution is 5.92. The predicted molar refractivity (Wildman–Crippen MR) is 67.9 cm³/mol. The van der Waals surface area contributed by atoms with Crippen molar-refractivity contribution in [3.05, 3.63) is 18.0 Å². The molecule has 1 aliphatic carbocycles. The second kappa shape index (κ2) is 5.69. The number of amides is 1. The lowest BCUT2D eigenvalue weighted by Gasteiger charge is -2.47. The smallest absolute Gasteiger partial charge is 0.333 e. The summed E-state index contributed by atoms with van der Waals surface area (Å²) in [7, 11) is 1.60. The number of ether oxygens (including phenoxy) is 2. The zero-order chi connectivity index (χ0) is 15.0. The van der Waals surface area contributed by atoms with Crippen molar-refractivity contribution in [2.24, 2.45) is 11.8 Å². The standard InChI is InChI=1S/C13H17F2N3O3/c1-20-6-8-10(7-3-5-21-11(7)8)16-12(19)9-2-4-18(17-9)13(14)15/h2,4,7-8,10-11,13H,3,5-6H2,1H3,(H,16,19)/t7-,8+,10+,11-/m1/s1. The number of rotatable bonds is 5. The number of halogens is 2. The van der Waals surface area contributed by atoms with E-state index in [1.54, 1.807) is 7.11 Å². The SMILES string of the molecule is COC[C@H]1[C@@H](NC(=O)c2ccn(C(F)F)n2)[C@H]2CCO[C@H]21. The second-order valence-electron chi connectivity index (χ2n) is 5.37. The Morgan fingerprint density at radius 1 is 1.67 bits per heavy atom. The van der Waals surface area contributed by atoms with Crippen molar-refractivity contribution in [1.29, 1.82) is 0 Å². The van der Waals surface area contributed by atoms with Gasteiger partial charge in [-0.05, 0) is 12.5 Å². The summed E-state index contributed by atoms with van der Waals surface area (Å²) in [6.45, 7) is -1.57. The largest absolute Gasteiger partial charge is 0.384 e. The normalized spacial score (nSPS) is 31.0. The Morgan fingerprint density at radius 3 is 3.14 bits per heavy atom. The maximum atomic E-state index is 12.5. The number of alkyl halides is 2. The van der Waals surface area contributed by atoms with Gasteiger partial charge in [0.1, 0.15) is 5.69 Å². The molecule has 1 aromatic rings. The average Bonchev–Trinajstić information content (AvgIpc) is 3.09. The maximum Gasteiger partial charge on any atom is 0.333 e. The molecule has 0 bridgehead atoms. The molecule has 2 fully saturated rings. The number of methoxy groups -OCH3 is 1. The lowest BCUT2D eigenvalue weighted by molar-refractivity contribution is -0.0810. The Balaban J connectivity index is 1.65. The first-order valence-electron chi connectivity index (χ1n) is 6.86. The van der Waals surface area contributed by atoms with Gasteiger partial charge in [-0.25, -0.2) is 4.68 Å². The highest BCUT2D eigenvalue weighted by Crippen LogP contribution is 2.43. The summed E-state index contributed by atoms with van der Waals surface area (Å²) in [5.41, 5.74) is -0.00571. The first-order valence-corrected chi connectivity index (χ1v) is 6.86. The molecule has 1 aliphatic heterocycles. The summed E-state index contributed by atoms with van der Waals surface area (Å²) in [6.07, 6.45) is 2.10. The van der Waals surface area contributed by atoms with Crippen molar-refractivity contribution in [2.45, 2.75) is 25.1 Å². The van der Waals surface area contributed by atoms with E-state index in [1.165, 1.54) is 6.07 Å². The predicted octanol–water partition coefficient (Wildman–Crippen LogP) is 1.06. The van der Waals surface area contributed by atoms with Crippen LogP contribution in [0.5, 0.6) is 0 Å². The van der Waals surface area contributed by atoms with E-state index in [2.05, 4.69) is 10.4 Å². The van der Waals surface area contributed by atoms with Crippen molar-refractivity contribution >= 4 is 5.91 Å². The van der Waals surface area contributed by atoms with Crippen molar-refractivity contribution in [3.63, 3.8) is 0 Å². The lowest BCUT2D eigenvalue weighted by Crippen LogP contribution is -2.62. The number of hydrogen-bond donors (Lipinski definition) is 1. The van der Waals surface area contributed by atoms with Crippen molar-refractivity contribution in [1.82, 2.24) is 15.1 Å². The van der Waals surface area contributed by atoms with Crippen LogP contribution >= 0.6 is 0 Å². The zero-order valence-electron chi connectivity index (χ0n) is 11.5. The van der Waals surface area contributed by atoms with Crippen LogP contribution in [0.15, 0.2) is 12.3 Å². The molecule has 1 amide bonds.